The second-order valence-corrected chi connectivity index (χ2v) is 8.40. The van der Waals surface area contributed by atoms with Crippen LogP contribution in [0, 0.1) is 0 Å². The van der Waals surface area contributed by atoms with E-state index in [0.29, 0.717) is 51.8 Å². The molecule has 3 aromatic rings. The van der Waals surface area contributed by atoms with Crippen LogP contribution in [0.4, 0.5) is 11.4 Å². The molecule has 6 nitrogen and oxygen atoms in total. The minimum absolute atomic E-state index is 0.0201. The summed E-state index contributed by atoms with van der Waals surface area (Å²) in [6.07, 6.45) is 0.626. The minimum atomic E-state index is -0.247. The fourth-order valence-corrected chi connectivity index (χ4v) is 3.90. The maximum atomic E-state index is 12.6. The lowest BCUT2D eigenvalue weighted by Crippen LogP contribution is -2.39. The molecule has 1 aliphatic rings. The summed E-state index contributed by atoms with van der Waals surface area (Å²) in [5, 5.41) is 3.53. The van der Waals surface area contributed by atoms with Crippen LogP contribution in [0.2, 0.25) is 5.02 Å². The van der Waals surface area contributed by atoms with E-state index in [0.717, 1.165) is 5.75 Å². The van der Waals surface area contributed by atoms with Crippen LogP contribution in [0.1, 0.15) is 16.8 Å². The Kier molecular flexibility index (Phi) is 6.97. The highest BCUT2D eigenvalue weighted by Crippen LogP contribution is 2.35. The number of hydrogen-bond acceptors (Lipinski definition) is 4. The van der Waals surface area contributed by atoms with Crippen LogP contribution in [0.3, 0.4) is 0 Å². The monoisotopic (exact) mass is 514 g/mol. The lowest BCUT2D eigenvalue weighted by Gasteiger charge is -2.30. The van der Waals surface area contributed by atoms with Crippen molar-refractivity contribution in [3.05, 3.63) is 81.8 Å². The zero-order chi connectivity index (χ0) is 22.5. The van der Waals surface area contributed by atoms with Gasteiger partial charge in [0, 0.05) is 21.7 Å². The normalized spacial score (nSPS) is 12.7. The van der Waals surface area contributed by atoms with Gasteiger partial charge in [-0.2, -0.15) is 0 Å². The molecular formula is C24H20BrClN2O4. The molecule has 0 aromatic heterocycles. The molecule has 0 unspecified atom stereocenters. The van der Waals surface area contributed by atoms with Crippen molar-refractivity contribution in [3.8, 4) is 11.5 Å². The van der Waals surface area contributed by atoms with Crippen molar-refractivity contribution in [2.75, 3.05) is 30.0 Å². The maximum absolute atomic E-state index is 12.6. The van der Waals surface area contributed by atoms with E-state index in [-0.39, 0.29) is 18.4 Å². The van der Waals surface area contributed by atoms with E-state index in [1.807, 2.05) is 12.1 Å². The molecule has 1 N–H and O–H groups in total. The van der Waals surface area contributed by atoms with Gasteiger partial charge in [0.05, 0.1) is 17.9 Å². The van der Waals surface area contributed by atoms with Crippen LogP contribution in [0.15, 0.2) is 71.2 Å². The van der Waals surface area contributed by atoms with Crippen LogP contribution >= 0.6 is 27.5 Å². The van der Waals surface area contributed by atoms with Gasteiger partial charge in [0.15, 0.2) is 6.61 Å². The Labute approximate surface area is 199 Å². The Morgan fingerprint density at radius 3 is 2.69 bits per heavy atom. The molecule has 0 aliphatic carbocycles. The number of carbonyl (C=O) groups excluding carboxylic acids is 2. The molecular weight excluding hydrogens is 496 g/mol. The Morgan fingerprint density at radius 2 is 1.91 bits per heavy atom. The Hall–Kier alpha value is -3.03. The molecule has 3 aromatic carbocycles. The first-order valence-corrected chi connectivity index (χ1v) is 11.2. The molecule has 8 heteroatoms. The zero-order valence-electron chi connectivity index (χ0n) is 17.0. The first-order chi connectivity index (χ1) is 15.5. The Balaban J connectivity index is 1.43. The first-order valence-electron chi connectivity index (χ1n) is 10.0. The summed E-state index contributed by atoms with van der Waals surface area (Å²) in [6, 6.07) is 19.6. The molecule has 164 valence electrons. The third kappa shape index (κ3) is 5.23. The zero-order valence-corrected chi connectivity index (χ0v) is 19.4. The number of fused-ring (bicyclic) bond motifs is 1. The number of hydrogen-bond donors (Lipinski definition) is 1. The second-order valence-electron chi connectivity index (χ2n) is 7.11. The summed E-state index contributed by atoms with van der Waals surface area (Å²) in [4.78, 5) is 26.8. The Morgan fingerprint density at radius 1 is 1.12 bits per heavy atom. The molecule has 0 saturated heterocycles. The van der Waals surface area contributed by atoms with E-state index in [1.54, 1.807) is 59.5 Å². The highest BCUT2D eigenvalue weighted by molar-refractivity contribution is 9.10. The highest BCUT2D eigenvalue weighted by Gasteiger charge is 2.26. The van der Waals surface area contributed by atoms with E-state index in [9.17, 15) is 9.59 Å². The van der Waals surface area contributed by atoms with Crippen molar-refractivity contribution in [3.63, 3.8) is 0 Å². The van der Waals surface area contributed by atoms with Crippen molar-refractivity contribution < 1.29 is 19.1 Å². The summed E-state index contributed by atoms with van der Waals surface area (Å²) < 4.78 is 12.0. The SMILES string of the molecule is O=C(Nc1ccc2c(c1)N(CCCOc1ccc(Cl)cc1)C(=O)CO2)c1ccccc1Br. The summed E-state index contributed by atoms with van der Waals surface area (Å²) in [5.74, 6) is 0.934. The van der Waals surface area contributed by atoms with Crippen molar-refractivity contribution in [1.82, 2.24) is 0 Å². The molecule has 2 amide bonds. The number of carbonyl (C=O) groups is 2. The number of amides is 2. The van der Waals surface area contributed by atoms with Gasteiger partial charge in [0.25, 0.3) is 11.8 Å². The predicted molar refractivity (Wildman–Crippen MR) is 128 cm³/mol. The fourth-order valence-electron chi connectivity index (χ4n) is 3.31. The van der Waals surface area contributed by atoms with Crippen LogP contribution in [-0.2, 0) is 4.79 Å². The van der Waals surface area contributed by atoms with Gasteiger partial charge in [0.2, 0.25) is 0 Å². The number of rotatable bonds is 7. The van der Waals surface area contributed by atoms with Crippen LogP contribution in [0.25, 0.3) is 0 Å². The number of halogens is 2. The van der Waals surface area contributed by atoms with Crippen molar-refractivity contribution in [2.24, 2.45) is 0 Å². The molecule has 4 rings (SSSR count). The third-order valence-electron chi connectivity index (χ3n) is 4.89. The van der Waals surface area contributed by atoms with Crippen molar-refractivity contribution in [2.45, 2.75) is 6.42 Å². The predicted octanol–water partition coefficient (Wildman–Crippen LogP) is 5.55. The third-order valence-corrected chi connectivity index (χ3v) is 5.83. The standard InChI is InChI=1S/C24H20BrClN2O4/c25-20-5-2-1-4-19(20)24(30)27-17-8-11-22-21(14-17)28(23(29)15-32-22)12-3-13-31-18-9-6-16(26)7-10-18/h1-2,4-11,14H,3,12-13,15H2,(H,27,30). The Bertz CT molecular complexity index is 1140. The van der Waals surface area contributed by atoms with Gasteiger partial charge in [-0.15, -0.1) is 0 Å². The number of nitrogens with one attached hydrogen (secondary N) is 1. The van der Waals surface area contributed by atoms with Gasteiger partial charge >= 0.3 is 0 Å². The molecule has 0 fully saturated rings. The number of benzene rings is 3. The van der Waals surface area contributed by atoms with Gasteiger partial charge in [-0.25, -0.2) is 0 Å². The smallest absolute Gasteiger partial charge is 0.265 e. The molecule has 0 saturated carbocycles. The first kappa shape index (κ1) is 22.2. The summed E-state index contributed by atoms with van der Waals surface area (Å²) in [5.41, 5.74) is 1.72. The van der Waals surface area contributed by atoms with Gasteiger partial charge < -0.3 is 19.7 Å². The van der Waals surface area contributed by atoms with E-state index >= 15 is 0 Å². The van der Waals surface area contributed by atoms with Gasteiger partial charge in [-0.3, -0.25) is 9.59 Å². The lowest BCUT2D eigenvalue weighted by molar-refractivity contribution is -0.121. The van der Waals surface area contributed by atoms with E-state index < -0.39 is 0 Å². The van der Waals surface area contributed by atoms with Crippen LogP contribution in [-0.4, -0.2) is 31.6 Å². The summed E-state index contributed by atoms with van der Waals surface area (Å²) in [7, 11) is 0. The average Bonchev–Trinajstić information content (AvgIpc) is 2.79. The van der Waals surface area contributed by atoms with E-state index in [1.165, 1.54) is 0 Å². The minimum Gasteiger partial charge on any atom is -0.494 e. The molecule has 32 heavy (non-hydrogen) atoms. The summed E-state index contributed by atoms with van der Waals surface area (Å²) >= 11 is 9.28. The fraction of sp³-hybridized carbons (Fsp3) is 0.167. The number of anilines is 2. The van der Waals surface area contributed by atoms with E-state index in [4.69, 9.17) is 21.1 Å². The second kappa shape index (κ2) is 10.1. The summed E-state index contributed by atoms with van der Waals surface area (Å²) in [6.45, 7) is 0.887. The molecule has 0 spiro atoms. The molecule has 0 bridgehead atoms. The molecule has 1 heterocycles. The average molecular weight is 516 g/mol. The lowest BCUT2D eigenvalue weighted by atomic mass is 10.1. The number of ether oxygens (including phenoxy) is 2. The van der Waals surface area contributed by atoms with E-state index in [2.05, 4.69) is 21.2 Å². The highest BCUT2D eigenvalue weighted by atomic mass is 79.9. The topological polar surface area (TPSA) is 67.9 Å². The largest absolute Gasteiger partial charge is 0.494 e. The molecule has 0 atom stereocenters. The van der Waals surface area contributed by atoms with Crippen LogP contribution < -0.4 is 19.7 Å². The molecule has 0 radical (unpaired) electrons. The quantitative estimate of drug-likeness (QED) is 0.419. The van der Waals surface area contributed by atoms with Crippen molar-refractivity contribution in [1.29, 1.82) is 0 Å². The van der Waals surface area contributed by atoms with Crippen molar-refractivity contribution >= 4 is 50.7 Å². The maximum Gasteiger partial charge on any atom is 0.265 e. The van der Waals surface area contributed by atoms with Crippen LogP contribution in [0.5, 0.6) is 11.5 Å². The molecule has 1 aliphatic heterocycles. The van der Waals surface area contributed by atoms with Gasteiger partial charge in [-0.1, -0.05) is 23.7 Å². The van der Waals surface area contributed by atoms with Gasteiger partial charge in [0.1, 0.15) is 11.5 Å². The van der Waals surface area contributed by atoms with Gasteiger partial charge in [-0.05, 0) is 76.9 Å². The number of nitrogens with zero attached hydrogens (tertiary/aromatic N) is 1.